The second-order valence-electron chi connectivity index (χ2n) is 4.79. The van der Waals surface area contributed by atoms with E-state index in [2.05, 4.69) is 10.1 Å². The lowest BCUT2D eigenvalue weighted by atomic mass is 9.91. The van der Waals surface area contributed by atoms with E-state index in [4.69, 9.17) is 17.3 Å². The van der Waals surface area contributed by atoms with Crippen LogP contribution in [0.15, 0.2) is 18.2 Å². The molecule has 0 aromatic heterocycles. The van der Waals surface area contributed by atoms with Crippen molar-refractivity contribution in [3.63, 3.8) is 0 Å². The molecular weight excluding hydrogens is 274 g/mol. The third-order valence-electron chi connectivity index (χ3n) is 3.23. The summed E-state index contributed by atoms with van der Waals surface area (Å²) in [4.78, 5) is 0. The minimum absolute atomic E-state index is 0.0115. The summed E-state index contributed by atoms with van der Waals surface area (Å²) in [6.45, 7) is -2.87. The van der Waals surface area contributed by atoms with Crippen molar-refractivity contribution in [2.24, 2.45) is 5.73 Å². The molecule has 3 nitrogen and oxygen atoms in total. The first-order valence-electron chi connectivity index (χ1n) is 6.31. The third-order valence-corrected chi connectivity index (χ3v) is 3.53. The molecule has 3 N–H and O–H groups in total. The molecule has 0 bridgehead atoms. The smallest absolute Gasteiger partial charge is 0.387 e. The van der Waals surface area contributed by atoms with Crippen molar-refractivity contribution in [1.82, 2.24) is 0 Å². The van der Waals surface area contributed by atoms with Crippen LogP contribution in [0.3, 0.4) is 0 Å². The molecular formula is C13H17ClF2N2O. The Kier molecular flexibility index (Phi) is 4.82. The summed E-state index contributed by atoms with van der Waals surface area (Å²) in [5, 5.41) is 3.50. The van der Waals surface area contributed by atoms with Crippen LogP contribution in [-0.2, 0) is 0 Å². The van der Waals surface area contributed by atoms with Gasteiger partial charge in [-0.05, 0) is 43.9 Å². The molecule has 0 spiro atoms. The number of anilines is 1. The van der Waals surface area contributed by atoms with E-state index in [1.165, 1.54) is 6.07 Å². The highest BCUT2D eigenvalue weighted by Crippen LogP contribution is 2.30. The van der Waals surface area contributed by atoms with Gasteiger partial charge in [0.15, 0.2) is 0 Å². The lowest BCUT2D eigenvalue weighted by Crippen LogP contribution is -2.34. The van der Waals surface area contributed by atoms with Crippen LogP contribution in [0, 0.1) is 0 Å². The number of halogens is 3. The molecule has 0 amide bonds. The van der Waals surface area contributed by atoms with E-state index in [-0.39, 0.29) is 16.8 Å². The van der Waals surface area contributed by atoms with Gasteiger partial charge in [-0.15, -0.1) is 0 Å². The number of rotatable bonds is 4. The fourth-order valence-electron chi connectivity index (χ4n) is 2.38. The molecule has 1 aromatic carbocycles. The topological polar surface area (TPSA) is 47.3 Å². The third kappa shape index (κ3) is 4.21. The molecule has 1 saturated carbocycles. The highest BCUT2D eigenvalue weighted by Gasteiger charge is 2.19. The highest BCUT2D eigenvalue weighted by molar-refractivity contribution is 6.32. The summed E-state index contributed by atoms with van der Waals surface area (Å²) in [6, 6.07) is 5.26. The van der Waals surface area contributed by atoms with E-state index in [0.717, 1.165) is 31.4 Å². The SMILES string of the molecule is NC1CCCC(Nc2ccc(OC(F)F)c(Cl)c2)C1. The van der Waals surface area contributed by atoms with Gasteiger partial charge in [0.05, 0.1) is 5.02 Å². The van der Waals surface area contributed by atoms with Gasteiger partial charge in [0, 0.05) is 17.8 Å². The number of benzene rings is 1. The Hall–Kier alpha value is -1.07. The minimum Gasteiger partial charge on any atom is -0.433 e. The maximum atomic E-state index is 12.1. The first-order valence-corrected chi connectivity index (χ1v) is 6.69. The van der Waals surface area contributed by atoms with Gasteiger partial charge in [-0.25, -0.2) is 0 Å². The molecule has 2 unspecified atom stereocenters. The molecule has 1 aliphatic carbocycles. The van der Waals surface area contributed by atoms with Gasteiger partial charge in [-0.3, -0.25) is 0 Å². The van der Waals surface area contributed by atoms with Crippen LogP contribution >= 0.6 is 11.6 Å². The fraction of sp³-hybridized carbons (Fsp3) is 0.538. The summed E-state index contributed by atoms with van der Waals surface area (Å²) < 4.78 is 28.5. The predicted octanol–water partition coefficient (Wildman–Crippen LogP) is 3.62. The van der Waals surface area contributed by atoms with Crippen molar-refractivity contribution in [2.45, 2.75) is 44.4 Å². The molecule has 1 fully saturated rings. The molecule has 6 heteroatoms. The van der Waals surface area contributed by atoms with E-state index in [1.54, 1.807) is 12.1 Å². The monoisotopic (exact) mass is 290 g/mol. The van der Waals surface area contributed by atoms with E-state index in [0.29, 0.717) is 6.04 Å². The Labute approximate surface area is 116 Å². The average Bonchev–Trinajstić information content (AvgIpc) is 2.32. The van der Waals surface area contributed by atoms with Crippen LogP contribution < -0.4 is 15.8 Å². The number of ether oxygens (including phenoxy) is 1. The van der Waals surface area contributed by atoms with Crippen LogP contribution in [0.1, 0.15) is 25.7 Å². The first-order chi connectivity index (χ1) is 9.04. The van der Waals surface area contributed by atoms with Crippen molar-refractivity contribution >= 4 is 17.3 Å². The van der Waals surface area contributed by atoms with Gasteiger partial charge in [0.2, 0.25) is 0 Å². The van der Waals surface area contributed by atoms with Crippen molar-refractivity contribution in [3.8, 4) is 5.75 Å². The van der Waals surface area contributed by atoms with E-state index in [1.807, 2.05) is 0 Å². The molecule has 0 saturated heterocycles. The normalized spacial score (nSPS) is 23.4. The lowest BCUT2D eigenvalue weighted by molar-refractivity contribution is -0.0497. The van der Waals surface area contributed by atoms with Gasteiger partial charge in [0.1, 0.15) is 5.75 Å². The number of hydrogen-bond donors (Lipinski definition) is 2. The summed E-state index contributed by atoms with van der Waals surface area (Å²) in [7, 11) is 0. The number of alkyl halides is 2. The van der Waals surface area contributed by atoms with Crippen LogP contribution in [0.2, 0.25) is 5.02 Å². The molecule has 106 valence electrons. The zero-order valence-electron chi connectivity index (χ0n) is 10.4. The van der Waals surface area contributed by atoms with Crippen molar-refractivity contribution in [1.29, 1.82) is 0 Å². The standard InChI is InChI=1S/C13H17ClF2N2O/c14-11-7-10(4-5-12(11)19-13(15)16)18-9-3-1-2-8(17)6-9/h4-5,7-9,13,18H,1-3,6,17H2. The Morgan fingerprint density at radius 3 is 2.79 bits per heavy atom. The molecule has 19 heavy (non-hydrogen) atoms. The van der Waals surface area contributed by atoms with E-state index < -0.39 is 6.61 Å². The second-order valence-corrected chi connectivity index (χ2v) is 5.20. The Bertz CT molecular complexity index is 431. The van der Waals surface area contributed by atoms with Gasteiger partial charge >= 0.3 is 6.61 Å². The van der Waals surface area contributed by atoms with Gasteiger partial charge < -0.3 is 15.8 Å². The quantitative estimate of drug-likeness (QED) is 0.890. The largest absolute Gasteiger partial charge is 0.433 e. The molecule has 0 heterocycles. The second kappa shape index (κ2) is 6.39. The molecule has 2 rings (SSSR count). The summed E-state index contributed by atoms with van der Waals surface area (Å²) >= 11 is 5.90. The van der Waals surface area contributed by atoms with E-state index >= 15 is 0 Å². The zero-order chi connectivity index (χ0) is 13.8. The van der Waals surface area contributed by atoms with Crippen LogP contribution in [0.5, 0.6) is 5.75 Å². The summed E-state index contributed by atoms with van der Waals surface area (Å²) in [5.41, 5.74) is 6.72. The van der Waals surface area contributed by atoms with Crippen LogP contribution in [-0.4, -0.2) is 18.7 Å². The number of nitrogens with one attached hydrogen (secondary N) is 1. The van der Waals surface area contributed by atoms with Gasteiger partial charge in [-0.1, -0.05) is 11.6 Å². The van der Waals surface area contributed by atoms with Crippen LogP contribution in [0.4, 0.5) is 14.5 Å². The molecule has 1 aliphatic rings. The zero-order valence-corrected chi connectivity index (χ0v) is 11.2. The fourth-order valence-corrected chi connectivity index (χ4v) is 2.60. The maximum Gasteiger partial charge on any atom is 0.387 e. The van der Waals surface area contributed by atoms with E-state index in [9.17, 15) is 8.78 Å². The summed E-state index contributed by atoms with van der Waals surface area (Å²) in [5.74, 6) is -0.0115. The average molecular weight is 291 g/mol. The maximum absolute atomic E-state index is 12.1. The Morgan fingerprint density at radius 2 is 2.16 bits per heavy atom. The number of nitrogens with two attached hydrogens (primary N) is 1. The van der Waals surface area contributed by atoms with Crippen molar-refractivity contribution in [2.75, 3.05) is 5.32 Å². The van der Waals surface area contributed by atoms with Crippen LogP contribution in [0.25, 0.3) is 0 Å². The van der Waals surface area contributed by atoms with Crippen molar-refractivity contribution in [3.05, 3.63) is 23.2 Å². The Balaban J connectivity index is 1.99. The predicted molar refractivity (Wildman–Crippen MR) is 71.9 cm³/mol. The van der Waals surface area contributed by atoms with Gasteiger partial charge in [0.25, 0.3) is 0 Å². The lowest BCUT2D eigenvalue weighted by Gasteiger charge is -2.28. The van der Waals surface area contributed by atoms with Crippen molar-refractivity contribution < 1.29 is 13.5 Å². The Morgan fingerprint density at radius 1 is 1.37 bits per heavy atom. The molecule has 1 aromatic rings. The molecule has 2 atom stereocenters. The van der Waals surface area contributed by atoms with Gasteiger partial charge in [-0.2, -0.15) is 8.78 Å². The molecule has 0 aliphatic heterocycles. The number of hydrogen-bond acceptors (Lipinski definition) is 3. The highest BCUT2D eigenvalue weighted by atomic mass is 35.5. The molecule has 0 radical (unpaired) electrons. The minimum atomic E-state index is -2.87. The first kappa shape index (κ1) is 14.3. The summed E-state index contributed by atoms with van der Waals surface area (Å²) in [6.07, 6.45) is 4.12.